The number of ether oxygens (including phenoxy) is 1. The number of aliphatic hydroxyl groups is 2. The fourth-order valence-electron chi connectivity index (χ4n) is 10.8. The van der Waals surface area contributed by atoms with Crippen molar-refractivity contribution in [1.29, 1.82) is 0 Å². The van der Waals surface area contributed by atoms with Gasteiger partial charge in [-0.25, -0.2) is 0 Å². The van der Waals surface area contributed by atoms with Crippen LogP contribution >= 0.6 is 0 Å². The minimum Gasteiger partial charge on any atom is -0.466 e. The molecule has 2 unspecified atom stereocenters. The van der Waals surface area contributed by atoms with Crippen molar-refractivity contribution in [2.24, 2.45) is 0 Å². The van der Waals surface area contributed by atoms with E-state index in [4.69, 9.17) is 4.74 Å². The van der Waals surface area contributed by atoms with Gasteiger partial charge in [0.15, 0.2) is 0 Å². The summed E-state index contributed by atoms with van der Waals surface area (Å²) in [6.45, 7) is 4.90. The van der Waals surface area contributed by atoms with Crippen LogP contribution in [0, 0.1) is 0 Å². The van der Waals surface area contributed by atoms with Crippen molar-refractivity contribution < 1.29 is 24.5 Å². The Labute approximate surface area is 481 Å². The highest BCUT2D eigenvalue weighted by atomic mass is 16.5. The Kier molecular flexibility index (Phi) is 64.9. The van der Waals surface area contributed by atoms with E-state index in [1.807, 2.05) is 6.08 Å². The summed E-state index contributed by atoms with van der Waals surface area (Å²) in [7, 11) is 0. The SMILES string of the molecule is CCCCC/C=C\C/C=C\CCCCCCCCCC(=O)OCCCCCCCCCCCCCCCCCCCCCCCCCCCCCC(=O)NC(CO)C(O)/C=C/CCCCCCCCCCCCCCCC. The van der Waals surface area contributed by atoms with Crippen molar-refractivity contribution in [1.82, 2.24) is 5.32 Å². The Morgan fingerprint density at radius 3 is 1.01 bits per heavy atom. The summed E-state index contributed by atoms with van der Waals surface area (Å²) >= 11 is 0. The zero-order chi connectivity index (χ0) is 55.7. The number of aliphatic hydroxyl groups excluding tert-OH is 2. The van der Waals surface area contributed by atoms with E-state index < -0.39 is 12.1 Å². The summed E-state index contributed by atoms with van der Waals surface area (Å²) in [5, 5.41) is 23.2. The molecular formula is C71H135NO5. The monoisotopic (exact) mass is 1080 g/mol. The fourth-order valence-corrected chi connectivity index (χ4v) is 10.8. The largest absolute Gasteiger partial charge is 0.466 e. The molecule has 3 N–H and O–H groups in total. The third-order valence-corrected chi connectivity index (χ3v) is 16.2. The quantitative estimate of drug-likeness (QED) is 0.0320. The molecule has 77 heavy (non-hydrogen) atoms. The zero-order valence-corrected chi connectivity index (χ0v) is 52.0. The maximum Gasteiger partial charge on any atom is 0.305 e. The number of carbonyl (C=O) groups is 2. The summed E-state index contributed by atoms with van der Waals surface area (Å²) in [5.41, 5.74) is 0. The van der Waals surface area contributed by atoms with Crippen LogP contribution in [0.1, 0.15) is 380 Å². The lowest BCUT2D eigenvalue weighted by Gasteiger charge is -2.20. The van der Waals surface area contributed by atoms with Gasteiger partial charge in [0.25, 0.3) is 0 Å². The minimum absolute atomic E-state index is 0.0103. The molecular weight excluding hydrogens is 947 g/mol. The molecule has 0 saturated heterocycles. The van der Waals surface area contributed by atoms with Crippen molar-refractivity contribution >= 4 is 11.9 Å². The summed E-state index contributed by atoms with van der Waals surface area (Å²) in [6.07, 6.45) is 85.0. The second kappa shape index (κ2) is 66.6. The first kappa shape index (κ1) is 75.1. The molecule has 0 aliphatic rings. The van der Waals surface area contributed by atoms with Crippen LogP contribution in [-0.4, -0.2) is 47.4 Å². The van der Waals surface area contributed by atoms with Gasteiger partial charge in [-0.15, -0.1) is 0 Å². The smallest absolute Gasteiger partial charge is 0.305 e. The van der Waals surface area contributed by atoms with E-state index in [1.165, 1.54) is 302 Å². The standard InChI is InChI=1S/C71H135NO5/c1-3-5-7-9-11-13-15-17-19-32-37-41-45-49-53-57-61-65-71(76)77-66-62-58-54-50-46-42-38-34-31-29-27-25-23-21-22-24-26-28-30-33-36-40-44-48-52-56-60-64-70(75)72-68(67-73)69(74)63-59-55-51-47-43-39-35-20-18-16-14-12-10-8-6-4-2/h11,13,17,19,59,63,68-69,73-74H,3-10,12,14-16,18,20-58,60-62,64-67H2,1-2H3,(H,72,75)/b13-11-,19-17-,63-59+. The van der Waals surface area contributed by atoms with Gasteiger partial charge in [0, 0.05) is 12.8 Å². The first-order valence-corrected chi connectivity index (χ1v) is 34.8. The van der Waals surface area contributed by atoms with E-state index in [9.17, 15) is 19.8 Å². The van der Waals surface area contributed by atoms with Gasteiger partial charge < -0.3 is 20.3 Å². The molecule has 0 saturated carbocycles. The van der Waals surface area contributed by atoms with E-state index in [2.05, 4.69) is 43.5 Å². The topological polar surface area (TPSA) is 95.9 Å². The maximum absolute atomic E-state index is 12.5. The van der Waals surface area contributed by atoms with Gasteiger partial charge in [0.05, 0.1) is 25.4 Å². The molecule has 454 valence electrons. The van der Waals surface area contributed by atoms with E-state index in [-0.39, 0.29) is 18.5 Å². The highest BCUT2D eigenvalue weighted by molar-refractivity contribution is 5.76. The number of hydrogen-bond donors (Lipinski definition) is 3. The van der Waals surface area contributed by atoms with Gasteiger partial charge in [-0.2, -0.15) is 0 Å². The van der Waals surface area contributed by atoms with Crippen molar-refractivity contribution in [3.8, 4) is 0 Å². The number of rotatable bonds is 65. The number of amides is 1. The highest BCUT2D eigenvalue weighted by Crippen LogP contribution is 2.18. The van der Waals surface area contributed by atoms with E-state index in [0.29, 0.717) is 19.4 Å². The van der Waals surface area contributed by atoms with Crippen LogP contribution in [0.2, 0.25) is 0 Å². The number of nitrogens with one attached hydrogen (secondary N) is 1. The number of unbranched alkanes of at least 4 members (excludes halogenated alkanes) is 50. The van der Waals surface area contributed by atoms with Gasteiger partial charge in [-0.3, -0.25) is 9.59 Å². The predicted octanol–water partition coefficient (Wildman–Crippen LogP) is 22.3. The van der Waals surface area contributed by atoms with E-state index >= 15 is 0 Å². The Hall–Kier alpha value is -1.92. The Morgan fingerprint density at radius 1 is 0.364 bits per heavy atom. The molecule has 2 atom stereocenters. The molecule has 0 heterocycles. The van der Waals surface area contributed by atoms with E-state index in [0.717, 1.165) is 51.4 Å². The van der Waals surface area contributed by atoms with Gasteiger partial charge in [-0.1, -0.05) is 339 Å². The molecule has 6 nitrogen and oxygen atoms in total. The molecule has 0 radical (unpaired) electrons. The van der Waals surface area contributed by atoms with Crippen LogP contribution in [0.15, 0.2) is 36.5 Å². The Bertz CT molecular complexity index is 1250. The summed E-state index contributed by atoms with van der Waals surface area (Å²) in [5.74, 6) is -0.0527. The molecule has 6 heteroatoms. The highest BCUT2D eigenvalue weighted by Gasteiger charge is 2.18. The predicted molar refractivity (Wildman–Crippen MR) is 338 cm³/mol. The molecule has 0 aromatic carbocycles. The molecule has 1 amide bonds. The van der Waals surface area contributed by atoms with E-state index in [1.54, 1.807) is 6.08 Å². The molecule has 0 aromatic heterocycles. The van der Waals surface area contributed by atoms with Gasteiger partial charge in [-0.05, 0) is 64.2 Å². The number of carbonyl (C=O) groups excluding carboxylic acids is 2. The second-order valence-corrected chi connectivity index (χ2v) is 23.9. The number of esters is 1. The van der Waals surface area contributed by atoms with Crippen LogP contribution in [0.25, 0.3) is 0 Å². The zero-order valence-electron chi connectivity index (χ0n) is 52.0. The molecule has 0 rings (SSSR count). The maximum atomic E-state index is 12.5. The van der Waals surface area contributed by atoms with Crippen LogP contribution in [-0.2, 0) is 14.3 Å². The average Bonchev–Trinajstić information content (AvgIpc) is 3.43. The lowest BCUT2D eigenvalue weighted by Crippen LogP contribution is -2.45. The normalized spacial score (nSPS) is 12.7. The van der Waals surface area contributed by atoms with Gasteiger partial charge in [0.1, 0.15) is 0 Å². The molecule has 0 aliphatic heterocycles. The molecule has 0 fully saturated rings. The second-order valence-electron chi connectivity index (χ2n) is 23.9. The Morgan fingerprint density at radius 2 is 0.649 bits per heavy atom. The molecule has 0 aromatic rings. The Balaban J connectivity index is 3.36. The van der Waals surface area contributed by atoms with Gasteiger partial charge in [0.2, 0.25) is 5.91 Å². The lowest BCUT2D eigenvalue weighted by atomic mass is 10.0. The molecule has 0 bridgehead atoms. The first-order valence-electron chi connectivity index (χ1n) is 34.8. The molecule has 0 spiro atoms. The summed E-state index contributed by atoms with van der Waals surface area (Å²) in [4.78, 5) is 24.6. The van der Waals surface area contributed by atoms with Crippen molar-refractivity contribution in [2.75, 3.05) is 13.2 Å². The fraction of sp³-hybridized carbons (Fsp3) is 0.887. The van der Waals surface area contributed by atoms with Crippen LogP contribution < -0.4 is 5.32 Å². The third kappa shape index (κ3) is 63.1. The summed E-state index contributed by atoms with van der Waals surface area (Å²) < 4.78 is 5.50. The van der Waals surface area contributed by atoms with Crippen LogP contribution in [0.5, 0.6) is 0 Å². The van der Waals surface area contributed by atoms with Crippen LogP contribution in [0.3, 0.4) is 0 Å². The minimum atomic E-state index is -0.843. The average molecular weight is 1080 g/mol. The lowest BCUT2D eigenvalue weighted by molar-refractivity contribution is -0.143. The number of hydrogen-bond acceptors (Lipinski definition) is 5. The first-order chi connectivity index (χ1) is 38.0. The molecule has 0 aliphatic carbocycles. The van der Waals surface area contributed by atoms with Crippen molar-refractivity contribution in [2.45, 2.75) is 392 Å². The van der Waals surface area contributed by atoms with Crippen molar-refractivity contribution in [3.63, 3.8) is 0 Å². The summed E-state index contributed by atoms with van der Waals surface area (Å²) in [6, 6.07) is -0.626. The number of allylic oxidation sites excluding steroid dienone is 5. The van der Waals surface area contributed by atoms with Crippen LogP contribution in [0.4, 0.5) is 0 Å². The van der Waals surface area contributed by atoms with Gasteiger partial charge >= 0.3 is 5.97 Å². The van der Waals surface area contributed by atoms with Crippen molar-refractivity contribution in [3.05, 3.63) is 36.5 Å². The third-order valence-electron chi connectivity index (χ3n) is 16.2.